The van der Waals surface area contributed by atoms with Crippen molar-refractivity contribution in [2.45, 2.75) is 0 Å². The van der Waals surface area contributed by atoms with Gasteiger partial charge in [0.05, 0.1) is 5.69 Å². The average Bonchev–Trinajstić information content (AvgIpc) is 2.81. The highest BCUT2D eigenvalue weighted by atomic mass is 127. The van der Waals surface area contributed by atoms with Crippen LogP contribution in [-0.2, 0) is 0 Å². The largest absolute Gasteiger partial charge is 0.351 e. The van der Waals surface area contributed by atoms with Crippen LogP contribution < -0.4 is 0 Å². The van der Waals surface area contributed by atoms with Gasteiger partial charge in [-0.25, -0.2) is 0 Å². The Labute approximate surface area is 130 Å². The van der Waals surface area contributed by atoms with Gasteiger partial charge in [-0.2, -0.15) is 0 Å². The summed E-state index contributed by atoms with van der Waals surface area (Å²) in [5.74, 6) is 0. The molecule has 0 amide bonds. The lowest BCUT2D eigenvalue weighted by Crippen LogP contribution is -2.09. The number of hydrogen-bond donors (Lipinski definition) is 0. The summed E-state index contributed by atoms with van der Waals surface area (Å²) in [4.78, 5) is 6.49. The first-order chi connectivity index (χ1) is 8.84. The molecule has 0 spiro atoms. The van der Waals surface area contributed by atoms with E-state index in [4.69, 9.17) is 0 Å². The summed E-state index contributed by atoms with van der Waals surface area (Å²) in [5.41, 5.74) is 4.58. The van der Waals surface area contributed by atoms with Crippen molar-refractivity contribution in [2.24, 2.45) is 4.99 Å². The van der Waals surface area contributed by atoms with E-state index in [0.29, 0.717) is 0 Å². The highest BCUT2D eigenvalue weighted by Gasteiger charge is 2.09. The molecule has 2 heterocycles. The lowest BCUT2D eigenvalue weighted by atomic mass is 10.1. The van der Waals surface area contributed by atoms with Crippen LogP contribution in [0.2, 0.25) is 0 Å². The van der Waals surface area contributed by atoms with Gasteiger partial charge >= 0.3 is 0 Å². The summed E-state index contributed by atoms with van der Waals surface area (Å²) < 4.78 is 0. The van der Waals surface area contributed by atoms with E-state index in [1.807, 2.05) is 49.8 Å². The van der Waals surface area contributed by atoms with Gasteiger partial charge in [0, 0.05) is 36.3 Å². The molecule has 96 valence electrons. The lowest BCUT2D eigenvalue weighted by Gasteiger charge is -2.17. The molecule has 0 bridgehead atoms. The van der Waals surface area contributed by atoms with E-state index in [0.717, 1.165) is 11.3 Å². The van der Waals surface area contributed by atoms with Gasteiger partial charge in [-0.05, 0) is 24.3 Å². The smallest absolute Gasteiger partial charge is 0.0708 e. The molecular formula is C16H15IN2. The van der Waals surface area contributed by atoms with Crippen LogP contribution in [0.3, 0.4) is 0 Å². The number of benzene rings is 1. The third-order valence-corrected chi connectivity index (χ3v) is 3.09. The van der Waals surface area contributed by atoms with Crippen molar-refractivity contribution < 1.29 is 0 Å². The quantitative estimate of drug-likeness (QED) is 0.680. The number of fused-ring (bicyclic) bond motifs is 1. The Morgan fingerprint density at radius 2 is 1.95 bits per heavy atom. The molecule has 1 aromatic carbocycles. The van der Waals surface area contributed by atoms with Crippen LogP contribution in [0.5, 0.6) is 0 Å². The molecule has 0 saturated carbocycles. The molecule has 0 radical (unpaired) electrons. The average molecular weight is 362 g/mol. The Hall–Kier alpha value is -1.62. The van der Waals surface area contributed by atoms with Gasteiger partial charge in [0.1, 0.15) is 0 Å². The van der Waals surface area contributed by atoms with Crippen molar-refractivity contribution in [1.82, 2.24) is 4.90 Å². The third kappa shape index (κ3) is 2.87. The minimum atomic E-state index is 0. The summed E-state index contributed by atoms with van der Waals surface area (Å²) in [6.07, 6.45) is 14.4. The Morgan fingerprint density at radius 1 is 1.11 bits per heavy atom. The number of likely N-dealkylation sites (N-methyl/N-ethyl adjacent to an activating group) is 1. The molecule has 0 unspecified atom stereocenters. The topological polar surface area (TPSA) is 15.6 Å². The minimum absolute atomic E-state index is 0. The molecule has 0 fully saturated rings. The van der Waals surface area contributed by atoms with E-state index in [2.05, 4.69) is 34.2 Å². The number of halogens is 1. The molecule has 2 nitrogen and oxygen atoms in total. The fourth-order valence-electron chi connectivity index (χ4n) is 2.06. The molecule has 3 heteroatoms. The monoisotopic (exact) mass is 362 g/mol. The zero-order valence-electron chi connectivity index (χ0n) is 10.7. The van der Waals surface area contributed by atoms with Gasteiger partial charge in [-0.3, -0.25) is 4.99 Å². The first-order valence-corrected chi connectivity index (χ1v) is 5.98. The normalized spacial score (nSPS) is 19.9. The highest BCUT2D eigenvalue weighted by Crippen LogP contribution is 2.30. The minimum Gasteiger partial charge on any atom is -0.351 e. The number of nitrogens with zero attached hydrogens (tertiary/aromatic N) is 2. The van der Waals surface area contributed by atoms with Crippen LogP contribution in [-0.4, -0.2) is 18.2 Å². The second kappa shape index (κ2) is 6.02. The Kier molecular flexibility index (Phi) is 4.37. The SMILES string of the molecule is CN1C=CC=C/C1=C/C=C1\C=Nc2ccccc21.I. The maximum absolute atomic E-state index is 4.40. The van der Waals surface area contributed by atoms with E-state index in [1.54, 1.807) is 0 Å². The van der Waals surface area contributed by atoms with Crippen LogP contribution in [0, 0.1) is 0 Å². The van der Waals surface area contributed by atoms with E-state index in [9.17, 15) is 0 Å². The van der Waals surface area contributed by atoms with Crippen LogP contribution in [0.15, 0.2) is 71.5 Å². The fourth-order valence-corrected chi connectivity index (χ4v) is 2.06. The van der Waals surface area contributed by atoms with E-state index < -0.39 is 0 Å². The maximum Gasteiger partial charge on any atom is 0.0708 e. The van der Waals surface area contributed by atoms with Crippen molar-refractivity contribution in [3.8, 4) is 0 Å². The standard InChI is InChI=1S/C16H14N2.HI/c1-18-11-5-4-6-14(18)10-9-13-12-17-16-8-3-2-7-15(13)16;/h2-12H,1H3;1H/b13-9+,14-10-;. The van der Waals surface area contributed by atoms with E-state index in [1.165, 1.54) is 11.3 Å². The van der Waals surface area contributed by atoms with Crippen LogP contribution in [0.25, 0.3) is 5.57 Å². The Bertz CT molecular complexity index is 621. The summed E-state index contributed by atoms with van der Waals surface area (Å²) in [5, 5.41) is 0. The summed E-state index contributed by atoms with van der Waals surface area (Å²) in [6.45, 7) is 0. The molecule has 0 atom stereocenters. The molecule has 1 aromatic rings. The molecule has 0 aliphatic carbocycles. The maximum atomic E-state index is 4.40. The summed E-state index contributed by atoms with van der Waals surface area (Å²) >= 11 is 0. The fraction of sp³-hybridized carbons (Fsp3) is 0.0625. The molecule has 2 aliphatic heterocycles. The molecule has 3 rings (SSSR count). The zero-order valence-corrected chi connectivity index (χ0v) is 13.0. The van der Waals surface area contributed by atoms with Gasteiger partial charge < -0.3 is 4.90 Å². The molecule has 19 heavy (non-hydrogen) atoms. The van der Waals surface area contributed by atoms with Gasteiger partial charge in [0.2, 0.25) is 0 Å². The first kappa shape index (κ1) is 13.8. The van der Waals surface area contributed by atoms with Crippen molar-refractivity contribution in [2.75, 3.05) is 7.05 Å². The third-order valence-electron chi connectivity index (χ3n) is 3.09. The number of para-hydroxylation sites is 1. The highest BCUT2D eigenvalue weighted by molar-refractivity contribution is 14.0. The van der Waals surface area contributed by atoms with Crippen molar-refractivity contribution in [1.29, 1.82) is 0 Å². The number of aliphatic imine (C=N–C) groups is 1. The van der Waals surface area contributed by atoms with Gasteiger partial charge in [-0.1, -0.05) is 30.4 Å². The summed E-state index contributed by atoms with van der Waals surface area (Å²) in [6, 6.07) is 8.20. The summed E-state index contributed by atoms with van der Waals surface area (Å²) in [7, 11) is 2.04. The molecule has 0 N–H and O–H groups in total. The van der Waals surface area contributed by atoms with Gasteiger partial charge in [0.15, 0.2) is 0 Å². The van der Waals surface area contributed by atoms with E-state index >= 15 is 0 Å². The number of allylic oxidation sites excluding steroid dienone is 6. The Balaban J connectivity index is 0.00000133. The van der Waals surface area contributed by atoms with Crippen LogP contribution in [0.4, 0.5) is 5.69 Å². The molecule has 2 aliphatic rings. The van der Waals surface area contributed by atoms with Crippen molar-refractivity contribution in [3.05, 3.63) is 72.1 Å². The molecule has 0 aromatic heterocycles. The Morgan fingerprint density at radius 3 is 2.79 bits per heavy atom. The van der Waals surface area contributed by atoms with Gasteiger partial charge in [-0.15, -0.1) is 24.0 Å². The first-order valence-electron chi connectivity index (χ1n) is 5.98. The molecular weight excluding hydrogens is 347 g/mol. The van der Waals surface area contributed by atoms with Crippen molar-refractivity contribution in [3.63, 3.8) is 0 Å². The zero-order chi connectivity index (χ0) is 12.4. The molecule has 0 saturated heterocycles. The van der Waals surface area contributed by atoms with Crippen LogP contribution >= 0.6 is 24.0 Å². The predicted octanol–water partition coefficient (Wildman–Crippen LogP) is 4.30. The van der Waals surface area contributed by atoms with Crippen molar-refractivity contribution >= 4 is 41.5 Å². The second-order valence-corrected chi connectivity index (χ2v) is 4.30. The number of hydrogen-bond acceptors (Lipinski definition) is 2. The van der Waals surface area contributed by atoms with Crippen LogP contribution in [0.1, 0.15) is 5.56 Å². The van der Waals surface area contributed by atoms with Gasteiger partial charge in [0.25, 0.3) is 0 Å². The lowest BCUT2D eigenvalue weighted by molar-refractivity contribution is 0.584. The van der Waals surface area contributed by atoms with E-state index in [-0.39, 0.29) is 24.0 Å². The predicted molar refractivity (Wildman–Crippen MR) is 92.1 cm³/mol. The second-order valence-electron chi connectivity index (χ2n) is 4.30. The number of rotatable bonds is 1.